The van der Waals surface area contributed by atoms with Crippen LogP contribution in [0.3, 0.4) is 0 Å². The number of hydrogen-bond acceptors (Lipinski definition) is 4. The van der Waals surface area contributed by atoms with E-state index in [1.54, 1.807) is 0 Å². The third-order valence-electron chi connectivity index (χ3n) is 3.60. The van der Waals surface area contributed by atoms with Crippen molar-refractivity contribution in [2.45, 2.75) is 27.7 Å². The minimum absolute atomic E-state index is 0. The van der Waals surface area contributed by atoms with Crippen LogP contribution in [0.5, 0.6) is 0 Å². The second-order valence-corrected chi connectivity index (χ2v) is 6.60. The van der Waals surface area contributed by atoms with E-state index in [1.807, 2.05) is 64.1 Å². The zero-order valence-electron chi connectivity index (χ0n) is 15.8. The molecule has 0 atom stereocenters. The van der Waals surface area contributed by atoms with Gasteiger partial charge < -0.3 is 35.9 Å². The second kappa shape index (κ2) is 12.9. The van der Waals surface area contributed by atoms with Crippen LogP contribution in [0, 0.1) is 27.7 Å². The van der Waals surface area contributed by atoms with Crippen molar-refractivity contribution in [1.82, 2.24) is 0 Å². The van der Waals surface area contributed by atoms with Gasteiger partial charge in [0.2, 0.25) is 0 Å². The van der Waals surface area contributed by atoms with Crippen molar-refractivity contribution in [3.8, 4) is 0 Å². The molecule has 2 aromatic rings. The van der Waals surface area contributed by atoms with Crippen molar-refractivity contribution in [1.29, 1.82) is 0 Å². The van der Waals surface area contributed by atoms with Crippen LogP contribution in [-0.4, -0.2) is 23.3 Å². The predicted octanol–water partition coefficient (Wildman–Crippen LogP) is 3.58. The largest absolute Gasteiger partial charge is 2.00 e. The summed E-state index contributed by atoms with van der Waals surface area (Å²) in [5, 5.41) is 5.52. The van der Waals surface area contributed by atoms with Gasteiger partial charge in [-0.3, -0.25) is 9.59 Å². The van der Waals surface area contributed by atoms with E-state index in [2.05, 4.69) is 35.9 Å². The first-order valence-corrected chi connectivity index (χ1v) is 9.32. The Kier molecular flexibility index (Phi) is 12.2. The Bertz CT molecular complexity index is 717. The quantitative estimate of drug-likeness (QED) is 0.704. The van der Waals surface area contributed by atoms with Crippen molar-refractivity contribution < 1.29 is 26.4 Å². The Hall–Kier alpha value is -1.41. The van der Waals surface area contributed by atoms with Gasteiger partial charge in [-0.2, -0.15) is 0 Å². The SMILES string of the molecule is Cc1ccc(C)c(NC(=O)C[S-])c1.Cc1ccc(C)c(NC(=O)C[S-])c1.[Co+2]. The van der Waals surface area contributed by atoms with Gasteiger partial charge in [-0.05, 0) is 62.1 Å². The predicted molar refractivity (Wildman–Crippen MR) is 114 cm³/mol. The summed E-state index contributed by atoms with van der Waals surface area (Å²) in [4.78, 5) is 22.1. The molecule has 0 aromatic heterocycles. The molecular weight excluding hydrogens is 423 g/mol. The molecule has 0 bridgehead atoms. The van der Waals surface area contributed by atoms with E-state index in [1.165, 1.54) is 0 Å². The van der Waals surface area contributed by atoms with Gasteiger partial charge in [-0.1, -0.05) is 35.8 Å². The van der Waals surface area contributed by atoms with Gasteiger partial charge in [0.1, 0.15) is 0 Å². The molecule has 0 aliphatic heterocycles. The molecule has 0 saturated heterocycles. The van der Waals surface area contributed by atoms with Crippen LogP contribution in [0.25, 0.3) is 0 Å². The van der Waals surface area contributed by atoms with E-state index in [-0.39, 0.29) is 40.1 Å². The number of benzene rings is 2. The molecule has 0 fully saturated rings. The summed E-state index contributed by atoms with van der Waals surface area (Å²) in [6.45, 7) is 7.89. The molecule has 1 radical (unpaired) electrons. The molecule has 0 aliphatic rings. The van der Waals surface area contributed by atoms with E-state index >= 15 is 0 Å². The molecule has 2 rings (SSSR count). The molecule has 27 heavy (non-hydrogen) atoms. The van der Waals surface area contributed by atoms with E-state index in [0.29, 0.717) is 0 Å². The van der Waals surface area contributed by atoms with Gasteiger partial charge in [-0.15, -0.1) is 0 Å². The normalized spacial score (nSPS) is 9.41. The third kappa shape index (κ3) is 9.37. The minimum Gasteiger partial charge on any atom is -0.783 e. The van der Waals surface area contributed by atoms with E-state index < -0.39 is 0 Å². The third-order valence-corrected chi connectivity index (χ3v) is 4.12. The van der Waals surface area contributed by atoms with Crippen molar-refractivity contribution >= 4 is 48.4 Å². The molecule has 7 heteroatoms. The minimum atomic E-state index is -0.122. The molecule has 4 nitrogen and oxygen atoms in total. The van der Waals surface area contributed by atoms with Crippen LogP contribution < -0.4 is 10.6 Å². The fourth-order valence-electron chi connectivity index (χ4n) is 2.11. The fraction of sp³-hybridized carbons (Fsp3) is 0.300. The maximum atomic E-state index is 11.0. The Balaban J connectivity index is 0.000000483. The van der Waals surface area contributed by atoms with E-state index in [9.17, 15) is 9.59 Å². The first kappa shape index (κ1) is 25.6. The van der Waals surface area contributed by atoms with E-state index in [0.717, 1.165) is 33.6 Å². The number of amides is 2. The average molecular weight is 447 g/mol. The second-order valence-electron chi connectivity index (χ2n) is 6.02. The molecule has 2 N–H and O–H groups in total. The van der Waals surface area contributed by atoms with Crippen molar-refractivity contribution in [2.75, 3.05) is 22.1 Å². The number of nitrogens with one attached hydrogen (secondary N) is 2. The monoisotopic (exact) mass is 447 g/mol. The molecular formula is C20H24CoN2O2S2. The van der Waals surface area contributed by atoms with Crippen LogP contribution >= 0.6 is 0 Å². The van der Waals surface area contributed by atoms with E-state index in [4.69, 9.17) is 0 Å². The molecule has 2 amide bonds. The Morgan fingerprint density at radius 1 is 0.741 bits per heavy atom. The number of anilines is 2. The molecule has 147 valence electrons. The molecule has 0 aliphatic carbocycles. The Morgan fingerprint density at radius 2 is 1.07 bits per heavy atom. The summed E-state index contributed by atoms with van der Waals surface area (Å²) in [5.41, 5.74) is 6.09. The number of carbonyl (C=O) groups excluding carboxylic acids is 2. The van der Waals surface area contributed by atoms with Gasteiger partial charge in [-0.25, -0.2) is 0 Å². The van der Waals surface area contributed by atoms with Crippen LogP contribution in [0.1, 0.15) is 22.3 Å². The molecule has 2 aromatic carbocycles. The maximum absolute atomic E-state index is 11.0. The fourth-order valence-corrected chi connectivity index (χ4v) is 2.26. The molecule has 0 saturated carbocycles. The van der Waals surface area contributed by atoms with Crippen LogP contribution in [0.2, 0.25) is 0 Å². The van der Waals surface area contributed by atoms with Gasteiger partial charge >= 0.3 is 16.8 Å². The van der Waals surface area contributed by atoms with Gasteiger partial charge in [0.15, 0.2) is 11.8 Å². The van der Waals surface area contributed by atoms with Crippen molar-refractivity contribution in [2.24, 2.45) is 0 Å². The summed E-state index contributed by atoms with van der Waals surface area (Å²) in [6, 6.07) is 11.9. The van der Waals surface area contributed by atoms with Gasteiger partial charge in [0, 0.05) is 11.4 Å². The zero-order valence-corrected chi connectivity index (χ0v) is 18.5. The average Bonchev–Trinajstić information content (AvgIpc) is 2.61. The standard InChI is InChI=1S/2C10H13NOS.Co/c2*1-7-3-4-8(2)9(5-7)11-10(12)6-13;/h2*3-5,13H,6H2,1-2H3,(H,11,12);/q;;+2/p-2. The Morgan fingerprint density at radius 3 is 1.37 bits per heavy atom. The molecule has 0 heterocycles. The number of hydrogen-bond donors (Lipinski definition) is 2. The summed E-state index contributed by atoms with van der Waals surface area (Å²) >= 11 is 9.28. The first-order valence-electron chi connectivity index (χ1n) is 8.17. The summed E-state index contributed by atoms with van der Waals surface area (Å²) in [5.74, 6) is -0.0341. The summed E-state index contributed by atoms with van der Waals surface area (Å²) in [6.07, 6.45) is 0. The molecule has 0 unspecified atom stereocenters. The maximum Gasteiger partial charge on any atom is 2.00 e. The van der Waals surface area contributed by atoms with Crippen molar-refractivity contribution in [3.63, 3.8) is 0 Å². The van der Waals surface area contributed by atoms with Crippen LogP contribution in [0.15, 0.2) is 36.4 Å². The smallest absolute Gasteiger partial charge is 0.783 e. The summed E-state index contributed by atoms with van der Waals surface area (Å²) < 4.78 is 0. The number of aryl methyl sites for hydroxylation is 4. The molecule has 0 spiro atoms. The topological polar surface area (TPSA) is 58.2 Å². The van der Waals surface area contributed by atoms with Crippen LogP contribution in [0.4, 0.5) is 11.4 Å². The number of rotatable bonds is 4. The van der Waals surface area contributed by atoms with Gasteiger partial charge in [0.05, 0.1) is 0 Å². The zero-order chi connectivity index (χ0) is 19.7. The Labute approximate surface area is 182 Å². The van der Waals surface area contributed by atoms with Crippen molar-refractivity contribution in [3.05, 3.63) is 58.7 Å². The first-order chi connectivity index (χ1) is 12.3. The van der Waals surface area contributed by atoms with Gasteiger partial charge in [0.25, 0.3) is 0 Å². The number of carbonyl (C=O) groups is 2. The van der Waals surface area contributed by atoms with Crippen LogP contribution in [-0.2, 0) is 51.6 Å². The summed E-state index contributed by atoms with van der Waals surface area (Å²) in [7, 11) is 0.